The van der Waals surface area contributed by atoms with Crippen LogP contribution in [0.15, 0.2) is 48.5 Å². The summed E-state index contributed by atoms with van der Waals surface area (Å²) in [7, 11) is 1.94. The maximum absolute atomic E-state index is 9.34. The summed E-state index contributed by atoms with van der Waals surface area (Å²) in [5.41, 5.74) is 2.35. The maximum Gasteiger partial charge on any atom is 0.231 e. The number of nitrogens with zero attached hydrogens (tertiary/aromatic N) is 4. The molecule has 1 aromatic heterocycles. The number of phenolic OH excluding ortho intramolecular Hbond substituents is 1. The molecule has 0 spiro atoms. The largest absolute Gasteiger partial charge is 0.508 e. The van der Waals surface area contributed by atoms with Crippen molar-refractivity contribution >= 4 is 35.1 Å². The predicted molar refractivity (Wildman–Crippen MR) is 118 cm³/mol. The van der Waals surface area contributed by atoms with Crippen molar-refractivity contribution in [3.63, 3.8) is 0 Å². The van der Waals surface area contributed by atoms with Gasteiger partial charge in [-0.1, -0.05) is 35.9 Å². The zero-order chi connectivity index (χ0) is 20.6. The van der Waals surface area contributed by atoms with E-state index < -0.39 is 0 Å². The molecule has 1 heterocycles. The summed E-state index contributed by atoms with van der Waals surface area (Å²) in [5, 5.41) is 13.4. The minimum atomic E-state index is 0.159. The summed E-state index contributed by atoms with van der Waals surface area (Å²) in [6, 6.07) is 15.0. The Bertz CT molecular complexity index is 919. The standard InChI is InChI=1S/C21H23Cl2N5O/c1-28(14-2-3-15-4-8-17(22)9-5-15)21-26-19(23)25-20(27-21)24-13-12-16-6-10-18(29)11-7-16/h4-11,29H,2-3,12-14H2,1H3,(H,24,25,26,27). The Labute approximate surface area is 180 Å². The zero-order valence-electron chi connectivity index (χ0n) is 16.1. The SMILES string of the molecule is CN(CCCc1ccc(Cl)cc1)c1nc(Cl)nc(NCCc2ccc(O)cc2)n1. The smallest absolute Gasteiger partial charge is 0.231 e. The van der Waals surface area contributed by atoms with E-state index in [0.717, 1.165) is 36.4 Å². The van der Waals surface area contributed by atoms with Gasteiger partial charge in [0.25, 0.3) is 0 Å². The van der Waals surface area contributed by atoms with E-state index in [1.165, 1.54) is 5.56 Å². The molecular formula is C21H23Cl2N5O. The normalized spacial score (nSPS) is 10.7. The van der Waals surface area contributed by atoms with Crippen LogP contribution in [0.1, 0.15) is 17.5 Å². The van der Waals surface area contributed by atoms with E-state index in [-0.39, 0.29) is 11.0 Å². The van der Waals surface area contributed by atoms with Gasteiger partial charge in [0.1, 0.15) is 5.75 Å². The summed E-state index contributed by atoms with van der Waals surface area (Å²) in [6.45, 7) is 1.43. The van der Waals surface area contributed by atoms with Crippen LogP contribution in [-0.2, 0) is 12.8 Å². The summed E-state index contributed by atoms with van der Waals surface area (Å²) >= 11 is 12.0. The fourth-order valence-corrected chi connectivity index (χ4v) is 3.12. The summed E-state index contributed by atoms with van der Waals surface area (Å²) in [4.78, 5) is 14.8. The van der Waals surface area contributed by atoms with Crippen molar-refractivity contribution in [2.24, 2.45) is 0 Å². The van der Waals surface area contributed by atoms with Crippen LogP contribution in [0, 0.1) is 0 Å². The second-order valence-corrected chi connectivity index (χ2v) is 7.50. The second-order valence-electron chi connectivity index (χ2n) is 6.72. The number of hydrogen-bond donors (Lipinski definition) is 2. The number of halogens is 2. The first-order chi connectivity index (χ1) is 14.0. The van der Waals surface area contributed by atoms with Crippen LogP contribution in [0.5, 0.6) is 5.75 Å². The van der Waals surface area contributed by atoms with Crippen molar-refractivity contribution in [2.45, 2.75) is 19.3 Å². The van der Waals surface area contributed by atoms with E-state index in [2.05, 4.69) is 20.3 Å². The summed E-state index contributed by atoms with van der Waals surface area (Å²) in [5.74, 6) is 1.24. The third-order valence-corrected chi connectivity index (χ3v) is 4.86. The zero-order valence-corrected chi connectivity index (χ0v) is 17.7. The molecule has 0 bridgehead atoms. The Morgan fingerprint density at radius 2 is 1.55 bits per heavy atom. The highest BCUT2D eigenvalue weighted by Gasteiger charge is 2.09. The fourth-order valence-electron chi connectivity index (χ4n) is 2.84. The molecule has 152 valence electrons. The average molecular weight is 432 g/mol. The molecule has 29 heavy (non-hydrogen) atoms. The number of phenols is 1. The van der Waals surface area contributed by atoms with Crippen LogP contribution in [0.25, 0.3) is 0 Å². The number of benzene rings is 2. The molecule has 6 nitrogen and oxygen atoms in total. The van der Waals surface area contributed by atoms with E-state index in [1.54, 1.807) is 12.1 Å². The van der Waals surface area contributed by atoms with Crippen molar-refractivity contribution in [3.05, 3.63) is 70.0 Å². The second kappa shape index (κ2) is 10.3. The van der Waals surface area contributed by atoms with Crippen molar-refractivity contribution in [1.82, 2.24) is 15.0 Å². The fraction of sp³-hybridized carbons (Fsp3) is 0.286. The minimum Gasteiger partial charge on any atom is -0.508 e. The first-order valence-electron chi connectivity index (χ1n) is 9.38. The third kappa shape index (κ3) is 6.76. The highest BCUT2D eigenvalue weighted by Crippen LogP contribution is 2.15. The molecule has 0 saturated carbocycles. The molecule has 0 radical (unpaired) electrons. The first kappa shape index (κ1) is 21.1. The molecule has 0 unspecified atom stereocenters. The van der Waals surface area contributed by atoms with Gasteiger partial charge in [0.15, 0.2) is 0 Å². The van der Waals surface area contributed by atoms with E-state index in [0.29, 0.717) is 18.4 Å². The Morgan fingerprint density at radius 3 is 2.28 bits per heavy atom. The van der Waals surface area contributed by atoms with Gasteiger partial charge < -0.3 is 15.3 Å². The summed E-state index contributed by atoms with van der Waals surface area (Å²) in [6.07, 6.45) is 2.67. The van der Waals surface area contributed by atoms with Crippen LogP contribution in [0.3, 0.4) is 0 Å². The molecule has 3 rings (SSSR count). The van der Waals surface area contributed by atoms with Gasteiger partial charge in [-0.05, 0) is 66.3 Å². The van der Waals surface area contributed by atoms with E-state index >= 15 is 0 Å². The Hall–Kier alpha value is -2.57. The quantitative estimate of drug-likeness (QED) is 0.515. The molecular weight excluding hydrogens is 409 g/mol. The average Bonchev–Trinajstić information content (AvgIpc) is 2.70. The molecule has 2 aromatic carbocycles. The molecule has 0 atom stereocenters. The van der Waals surface area contributed by atoms with Crippen LogP contribution in [0.4, 0.5) is 11.9 Å². The number of aryl methyl sites for hydroxylation is 1. The van der Waals surface area contributed by atoms with Crippen molar-refractivity contribution in [3.8, 4) is 5.75 Å². The number of aromatic hydroxyl groups is 1. The van der Waals surface area contributed by atoms with E-state index in [1.807, 2.05) is 48.3 Å². The first-order valence-corrected chi connectivity index (χ1v) is 10.1. The Balaban J connectivity index is 1.51. The van der Waals surface area contributed by atoms with Gasteiger partial charge >= 0.3 is 0 Å². The minimum absolute atomic E-state index is 0.159. The highest BCUT2D eigenvalue weighted by atomic mass is 35.5. The number of aromatic nitrogens is 3. The Kier molecular flexibility index (Phi) is 7.49. The van der Waals surface area contributed by atoms with E-state index in [4.69, 9.17) is 23.2 Å². The van der Waals surface area contributed by atoms with E-state index in [9.17, 15) is 5.11 Å². The molecule has 0 saturated heterocycles. The molecule has 3 aromatic rings. The lowest BCUT2D eigenvalue weighted by Crippen LogP contribution is -2.22. The number of rotatable bonds is 9. The van der Waals surface area contributed by atoms with Gasteiger partial charge in [-0.2, -0.15) is 15.0 Å². The van der Waals surface area contributed by atoms with Gasteiger partial charge in [-0.3, -0.25) is 0 Å². The molecule has 8 heteroatoms. The topological polar surface area (TPSA) is 74.2 Å². The number of nitrogens with one attached hydrogen (secondary N) is 1. The Morgan fingerprint density at radius 1 is 0.897 bits per heavy atom. The number of anilines is 2. The molecule has 0 amide bonds. The van der Waals surface area contributed by atoms with Gasteiger partial charge in [-0.15, -0.1) is 0 Å². The van der Waals surface area contributed by atoms with Crippen molar-refractivity contribution in [1.29, 1.82) is 0 Å². The number of hydrogen-bond acceptors (Lipinski definition) is 6. The van der Waals surface area contributed by atoms with Crippen LogP contribution < -0.4 is 10.2 Å². The van der Waals surface area contributed by atoms with Gasteiger partial charge in [-0.25, -0.2) is 0 Å². The third-order valence-electron chi connectivity index (χ3n) is 4.44. The maximum atomic E-state index is 9.34. The predicted octanol–water partition coefficient (Wildman–Crippen LogP) is 4.61. The lowest BCUT2D eigenvalue weighted by Gasteiger charge is -2.17. The lowest BCUT2D eigenvalue weighted by atomic mass is 10.1. The van der Waals surface area contributed by atoms with Crippen molar-refractivity contribution in [2.75, 3.05) is 30.4 Å². The monoisotopic (exact) mass is 431 g/mol. The lowest BCUT2D eigenvalue weighted by molar-refractivity contribution is 0.475. The van der Waals surface area contributed by atoms with Crippen LogP contribution in [-0.4, -0.2) is 40.2 Å². The highest BCUT2D eigenvalue weighted by molar-refractivity contribution is 6.30. The molecule has 0 fully saturated rings. The van der Waals surface area contributed by atoms with Crippen LogP contribution in [0.2, 0.25) is 10.3 Å². The van der Waals surface area contributed by atoms with Gasteiger partial charge in [0.2, 0.25) is 17.2 Å². The van der Waals surface area contributed by atoms with Crippen molar-refractivity contribution < 1.29 is 5.11 Å². The molecule has 0 aliphatic rings. The van der Waals surface area contributed by atoms with Gasteiger partial charge in [0, 0.05) is 25.2 Å². The van der Waals surface area contributed by atoms with Crippen LogP contribution >= 0.6 is 23.2 Å². The molecule has 0 aliphatic heterocycles. The molecule has 2 N–H and O–H groups in total. The summed E-state index contributed by atoms with van der Waals surface area (Å²) < 4.78 is 0. The molecule has 0 aliphatic carbocycles. The van der Waals surface area contributed by atoms with Gasteiger partial charge in [0.05, 0.1) is 0 Å².